The molecular formula is C25H28ClN3O5. The van der Waals surface area contributed by atoms with Crippen molar-refractivity contribution in [2.75, 3.05) is 31.6 Å². The SMILES string of the molecule is Cc1cccc(Cl)c1N1CC=C[C@]23O[C@@H]4C=CCN(C)C(=O)[C@@H]4[C@H]2C(=O)N([C@H](C)CO)C3C1=O. The molecule has 0 saturated carbocycles. The highest BCUT2D eigenvalue weighted by atomic mass is 35.5. The number of rotatable bonds is 3. The molecule has 0 aliphatic carbocycles. The molecule has 34 heavy (non-hydrogen) atoms. The van der Waals surface area contributed by atoms with Crippen molar-refractivity contribution in [3.63, 3.8) is 0 Å². The molecule has 5 rings (SSSR count). The molecule has 2 fully saturated rings. The van der Waals surface area contributed by atoms with E-state index in [1.54, 1.807) is 35.9 Å². The number of hydrogen-bond donors (Lipinski definition) is 1. The molecule has 0 bridgehead atoms. The first-order valence-corrected chi connectivity index (χ1v) is 11.9. The van der Waals surface area contributed by atoms with Gasteiger partial charge in [-0.2, -0.15) is 0 Å². The molecule has 1 aromatic carbocycles. The van der Waals surface area contributed by atoms with Crippen LogP contribution in [0.1, 0.15) is 12.5 Å². The first kappa shape index (κ1) is 23.1. The molecule has 8 nitrogen and oxygen atoms in total. The normalized spacial score (nSPS) is 33.6. The Morgan fingerprint density at radius 3 is 2.65 bits per heavy atom. The highest BCUT2D eigenvalue weighted by molar-refractivity contribution is 6.34. The second-order valence-electron chi connectivity index (χ2n) is 9.52. The fourth-order valence-corrected chi connectivity index (χ4v) is 6.25. The number of halogens is 1. The van der Waals surface area contributed by atoms with Gasteiger partial charge in [0.2, 0.25) is 11.8 Å². The highest BCUT2D eigenvalue weighted by Gasteiger charge is 2.72. The van der Waals surface area contributed by atoms with Gasteiger partial charge in [-0.25, -0.2) is 0 Å². The fraction of sp³-hybridized carbons (Fsp3) is 0.480. The van der Waals surface area contributed by atoms with E-state index < -0.39 is 35.6 Å². The minimum atomic E-state index is -1.32. The van der Waals surface area contributed by atoms with Gasteiger partial charge in [0.15, 0.2) is 0 Å². The van der Waals surface area contributed by atoms with Crippen molar-refractivity contribution in [1.29, 1.82) is 0 Å². The van der Waals surface area contributed by atoms with E-state index >= 15 is 0 Å². The van der Waals surface area contributed by atoms with Gasteiger partial charge >= 0.3 is 0 Å². The van der Waals surface area contributed by atoms with Crippen molar-refractivity contribution in [3.05, 3.63) is 53.1 Å². The molecule has 1 spiro atoms. The van der Waals surface area contributed by atoms with Crippen LogP contribution in [0.25, 0.3) is 0 Å². The lowest BCUT2D eigenvalue weighted by atomic mass is 9.77. The molecule has 4 aliphatic heterocycles. The van der Waals surface area contributed by atoms with Gasteiger partial charge in [-0.05, 0) is 25.5 Å². The van der Waals surface area contributed by atoms with E-state index in [1.165, 1.54) is 4.90 Å². The summed E-state index contributed by atoms with van der Waals surface area (Å²) in [5.74, 6) is -2.51. The topological polar surface area (TPSA) is 90.4 Å². The minimum Gasteiger partial charge on any atom is -0.394 e. The molecule has 180 valence electrons. The van der Waals surface area contributed by atoms with Crippen LogP contribution in [0.15, 0.2) is 42.5 Å². The molecule has 6 atom stereocenters. The molecule has 1 N–H and O–H groups in total. The number of benzene rings is 1. The van der Waals surface area contributed by atoms with E-state index in [-0.39, 0.29) is 30.9 Å². The van der Waals surface area contributed by atoms with Crippen LogP contribution in [-0.2, 0) is 19.1 Å². The summed E-state index contributed by atoms with van der Waals surface area (Å²) in [6.07, 6.45) is 6.66. The Bertz CT molecular complexity index is 1100. The summed E-state index contributed by atoms with van der Waals surface area (Å²) in [6, 6.07) is 3.74. The third-order valence-corrected chi connectivity index (χ3v) is 7.80. The molecule has 4 aliphatic rings. The zero-order valence-corrected chi connectivity index (χ0v) is 20.1. The quantitative estimate of drug-likeness (QED) is 0.656. The second-order valence-corrected chi connectivity index (χ2v) is 9.93. The monoisotopic (exact) mass is 485 g/mol. The van der Waals surface area contributed by atoms with E-state index in [4.69, 9.17) is 16.3 Å². The van der Waals surface area contributed by atoms with Crippen LogP contribution < -0.4 is 4.90 Å². The Labute approximate surface area is 203 Å². The zero-order chi connectivity index (χ0) is 24.4. The number of hydrogen-bond acceptors (Lipinski definition) is 5. The smallest absolute Gasteiger partial charge is 0.253 e. The first-order chi connectivity index (χ1) is 16.2. The van der Waals surface area contributed by atoms with Gasteiger partial charge < -0.3 is 24.5 Å². The molecule has 3 amide bonds. The van der Waals surface area contributed by atoms with Crippen molar-refractivity contribution in [2.24, 2.45) is 11.8 Å². The van der Waals surface area contributed by atoms with Gasteiger partial charge in [-0.15, -0.1) is 0 Å². The van der Waals surface area contributed by atoms with Crippen molar-refractivity contribution < 1.29 is 24.2 Å². The lowest BCUT2D eigenvalue weighted by Gasteiger charge is -2.37. The molecule has 1 aromatic rings. The van der Waals surface area contributed by atoms with Crippen molar-refractivity contribution in [3.8, 4) is 0 Å². The predicted molar refractivity (Wildman–Crippen MR) is 126 cm³/mol. The molecule has 0 radical (unpaired) electrons. The van der Waals surface area contributed by atoms with E-state index in [0.29, 0.717) is 17.3 Å². The Hall–Kier alpha value is -2.68. The van der Waals surface area contributed by atoms with Crippen LogP contribution >= 0.6 is 11.6 Å². The number of aliphatic hydroxyl groups is 1. The maximum absolute atomic E-state index is 14.2. The van der Waals surface area contributed by atoms with Crippen molar-refractivity contribution >= 4 is 35.0 Å². The van der Waals surface area contributed by atoms with Gasteiger partial charge in [0.1, 0.15) is 11.6 Å². The highest BCUT2D eigenvalue weighted by Crippen LogP contribution is 2.54. The fourth-order valence-electron chi connectivity index (χ4n) is 5.93. The number of aryl methyl sites for hydroxylation is 1. The zero-order valence-electron chi connectivity index (χ0n) is 19.3. The van der Waals surface area contributed by atoms with Gasteiger partial charge in [0.25, 0.3) is 5.91 Å². The maximum Gasteiger partial charge on any atom is 0.253 e. The summed E-state index contributed by atoms with van der Waals surface area (Å²) in [5, 5.41) is 10.4. The van der Waals surface area contributed by atoms with Gasteiger partial charge in [0.05, 0.1) is 41.3 Å². The number of fused-ring (bicyclic) bond motifs is 2. The summed E-state index contributed by atoms with van der Waals surface area (Å²) >= 11 is 6.51. The molecule has 9 heteroatoms. The van der Waals surface area contributed by atoms with E-state index in [9.17, 15) is 19.5 Å². The van der Waals surface area contributed by atoms with Gasteiger partial charge in [-0.3, -0.25) is 14.4 Å². The molecule has 2 saturated heterocycles. The largest absolute Gasteiger partial charge is 0.394 e. The van der Waals surface area contributed by atoms with Crippen molar-refractivity contribution in [1.82, 2.24) is 9.80 Å². The number of para-hydroxylation sites is 1. The average Bonchev–Trinajstić information content (AvgIpc) is 3.14. The van der Waals surface area contributed by atoms with E-state index in [2.05, 4.69) is 0 Å². The summed E-state index contributed by atoms with van der Waals surface area (Å²) < 4.78 is 6.52. The third kappa shape index (κ3) is 3.08. The Balaban J connectivity index is 1.67. The minimum absolute atomic E-state index is 0.189. The van der Waals surface area contributed by atoms with Crippen LogP contribution in [0.2, 0.25) is 5.02 Å². The lowest BCUT2D eigenvalue weighted by molar-refractivity contribution is -0.146. The van der Waals surface area contributed by atoms with Gasteiger partial charge in [0, 0.05) is 20.1 Å². The van der Waals surface area contributed by atoms with Crippen LogP contribution in [0.5, 0.6) is 0 Å². The van der Waals surface area contributed by atoms with Crippen LogP contribution in [0, 0.1) is 18.8 Å². The third-order valence-electron chi connectivity index (χ3n) is 7.50. The summed E-state index contributed by atoms with van der Waals surface area (Å²) in [5.41, 5.74) is 0.0750. The second kappa shape index (κ2) is 8.22. The van der Waals surface area contributed by atoms with E-state index in [1.807, 2.05) is 37.3 Å². The number of ether oxygens (including phenoxy) is 1. The number of amides is 3. The maximum atomic E-state index is 14.2. The summed E-state index contributed by atoms with van der Waals surface area (Å²) in [7, 11) is 1.70. The van der Waals surface area contributed by atoms with Gasteiger partial charge in [-0.1, -0.05) is 48.0 Å². The van der Waals surface area contributed by atoms with Crippen LogP contribution in [0.4, 0.5) is 5.69 Å². The Morgan fingerprint density at radius 1 is 1.18 bits per heavy atom. The number of nitrogens with zero attached hydrogens (tertiary/aromatic N) is 3. The molecular weight excluding hydrogens is 458 g/mol. The van der Waals surface area contributed by atoms with E-state index in [0.717, 1.165) is 5.56 Å². The summed E-state index contributed by atoms with van der Waals surface area (Å²) in [4.78, 5) is 46.0. The Kier molecular flexibility index (Phi) is 5.58. The standard InChI is InChI=1S/C25H28ClN3O5/c1-14-7-4-8-16(26)20(14)28-12-6-10-25-19(18-17(34-25)9-5-11-27(3)22(18)31)23(32)29(15(2)13-30)21(25)24(28)33/h4-10,15,17-19,21,30H,11-13H2,1-3H3/t15-,17-,18+,19+,21?,25+/m1/s1. The average molecular weight is 486 g/mol. The number of likely N-dealkylation sites (N-methyl/N-ethyl adjacent to an activating group) is 1. The number of carbonyl (C=O) groups excluding carboxylic acids is 3. The predicted octanol–water partition coefficient (Wildman–Crippen LogP) is 1.54. The van der Waals surface area contributed by atoms with Crippen LogP contribution in [-0.4, -0.2) is 83.2 Å². The number of anilines is 1. The summed E-state index contributed by atoms with van der Waals surface area (Å²) in [6.45, 7) is 3.91. The Morgan fingerprint density at radius 2 is 1.94 bits per heavy atom. The van der Waals surface area contributed by atoms with Crippen LogP contribution in [0.3, 0.4) is 0 Å². The number of carbonyl (C=O) groups is 3. The molecule has 1 unspecified atom stereocenters. The first-order valence-electron chi connectivity index (χ1n) is 11.5. The molecule has 4 heterocycles. The number of aliphatic hydroxyl groups excluding tert-OH is 1. The number of likely N-dealkylation sites (tertiary alicyclic amines) is 1. The molecule has 0 aromatic heterocycles. The van der Waals surface area contributed by atoms with Crippen molar-refractivity contribution in [2.45, 2.75) is 37.6 Å². The lowest BCUT2D eigenvalue weighted by Crippen LogP contribution is -2.57.